The van der Waals surface area contributed by atoms with Crippen LogP contribution in [0.5, 0.6) is 5.75 Å². The van der Waals surface area contributed by atoms with E-state index in [-0.39, 0.29) is 0 Å². The predicted molar refractivity (Wildman–Crippen MR) is 109 cm³/mol. The number of urea groups is 1. The van der Waals surface area contributed by atoms with E-state index in [9.17, 15) is 59.0 Å². The molecule has 1 rings (SSSR count). The molecular weight excluding hydrogens is 567 g/mol. The van der Waals surface area contributed by atoms with Crippen LogP contribution in [0.3, 0.4) is 0 Å². The number of esters is 2. The van der Waals surface area contributed by atoms with Crippen LogP contribution in [0.1, 0.15) is 19.4 Å². The summed E-state index contributed by atoms with van der Waals surface area (Å²) in [5, 5.41) is 12.7. The number of methoxy groups -OCH3 is 1. The Kier molecular flexibility index (Phi) is 10.4. The quantitative estimate of drug-likeness (QED) is 0.215. The van der Waals surface area contributed by atoms with Crippen molar-refractivity contribution in [2.24, 2.45) is 0 Å². The van der Waals surface area contributed by atoms with Gasteiger partial charge in [0.25, 0.3) is 5.60 Å². The molecule has 0 aliphatic heterocycles. The molecule has 39 heavy (non-hydrogen) atoms. The smallest absolute Gasteiger partial charge is 0.448 e. The number of alkyl halides is 9. The summed E-state index contributed by atoms with van der Waals surface area (Å²) in [6.45, 7) is -1.84. The molecule has 1 aromatic carbocycles. The summed E-state index contributed by atoms with van der Waals surface area (Å²) in [6, 6.07) is -0.710. The number of carbonyl (C=O) groups excluding carboxylic acids is 3. The van der Waals surface area contributed by atoms with Crippen LogP contribution < -0.4 is 15.4 Å². The van der Waals surface area contributed by atoms with Gasteiger partial charge >= 0.3 is 42.2 Å². The van der Waals surface area contributed by atoms with Crippen molar-refractivity contribution in [3.63, 3.8) is 0 Å². The van der Waals surface area contributed by atoms with Crippen LogP contribution in [0.4, 0.5) is 50.0 Å². The Labute approximate surface area is 213 Å². The average Bonchev–Trinajstić information content (AvgIpc) is 2.79. The van der Waals surface area contributed by atoms with E-state index in [1.807, 2.05) is 0 Å². The molecule has 0 saturated carbocycles. The van der Waals surface area contributed by atoms with Crippen LogP contribution in [-0.2, 0) is 29.4 Å². The van der Waals surface area contributed by atoms with Gasteiger partial charge in [0.1, 0.15) is 12.4 Å². The first-order valence-corrected chi connectivity index (χ1v) is 10.4. The molecule has 0 fully saturated rings. The molecule has 2 amide bonds. The highest BCUT2D eigenvalue weighted by Gasteiger charge is 2.66. The van der Waals surface area contributed by atoms with E-state index in [1.54, 1.807) is 5.32 Å². The van der Waals surface area contributed by atoms with E-state index < -0.39 is 84.6 Å². The van der Waals surface area contributed by atoms with Crippen LogP contribution in [-0.4, -0.2) is 74.3 Å². The Morgan fingerprint density at radius 1 is 0.872 bits per heavy atom. The lowest BCUT2D eigenvalue weighted by Crippen LogP contribution is -2.67. The third kappa shape index (κ3) is 7.55. The van der Waals surface area contributed by atoms with Gasteiger partial charge in [-0.15, -0.1) is 0 Å². The zero-order valence-corrected chi connectivity index (χ0v) is 20.1. The molecule has 0 spiro atoms. The number of amides is 2. The third-order valence-electron chi connectivity index (χ3n) is 4.55. The van der Waals surface area contributed by atoms with Crippen molar-refractivity contribution in [1.82, 2.24) is 5.32 Å². The highest BCUT2D eigenvalue weighted by molar-refractivity contribution is 5.95. The van der Waals surface area contributed by atoms with Crippen molar-refractivity contribution in [3.8, 4) is 5.75 Å². The molecule has 10 nitrogen and oxygen atoms in total. The molecule has 1 aromatic rings. The van der Waals surface area contributed by atoms with Crippen LogP contribution in [0.2, 0.25) is 0 Å². The maximum atomic E-state index is 13.8. The van der Waals surface area contributed by atoms with Gasteiger partial charge in [-0.05, 0) is 26.0 Å². The monoisotopic (exact) mass is 588 g/mol. The van der Waals surface area contributed by atoms with Gasteiger partial charge in [-0.3, -0.25) is 5.32 Å². The van der Waals surface area contributed by atoms with Gasteiger partial charge in [0.2, 0.25) is 0 Å². The first kappa shape index (κ1) is 33.5. The number of nitrogens with one attached hydrogen (secondary N) is 2. The summed E-state index contributed by atoms with van der Waals surface area (Å²) in [5.74, 6) is -5.38. The van der Waals surface area contributed by atoms with Crippen molar-refractivity contribution in [3.05, 3.63) is 23.8 Å². The standard InChI is InChI=1S/C20H21F9N2O8/c1-4-37-13(32)17(35,19(24,25)26)10-6-7-11(12(8-10)36-3)30-15(34)31-18(20(27,28)29,14(33)38-5-2)39-9-16(21,22)23/h6-8,35H,4-5,9H2,1-3H3,(H2,30,31,34). The largest absolute Gasteiger partial charge is 0.495 e. The summed E-state index contributed by atoms with van der Waals surface area (Å²) in [5.41, 5.74) is -10.8. The minimum atomic E-state index is -6.02. The van der Waals surface area contributed by atoms with Crippen molar-refractivity contribution < 1.29 is 78.0 Å². The number of halogens is 9. The Morgan fingerprint density at radius 3 is 1.85 bits per heavy atom. The number of anilines is 1. The highest BCUT2D eigenvalue weighted by atomic mass is 19.4. The average molecular weight is 588 g/mol. The number of ether oxygens (including phenoxy) is 4. The van der Waals surface area contributed by atoms with Gasteiger partial charge in [0, 0.05) is 5.56 Å². The van der Waals surface area contributed by atoms with Gasteiger partial charge < -0.3 is 29.4 Å². The predicted octanol–water partition coefficient (Wildman–Crippen LogP) is 3.53. The van der Waals surface area contributed by atoms with E-state index in [1.165, 1.54) is 0 Å². The molecule has 2 unspecified atom stereocenters. The second-order valence-electron chi connectivity index (χ2n) is 7.23. The second-order valence-corrected chi connectivity index (χ2v) is 7.23. The zero-order chi connectivity index (χ0) is 30.4. The van der Waals surface area contributed by atoms with Crippen molar-refractivity contribution in [2.45, 2.75) is 43.7 Å². The first-order chi connectivity index (χ1) is 17.7. The van der Waals surface area contributed by atoms with Crippen LogP contribution in [0.15, 0.2) is 18.2 Å². The summed E-state index contributed by atoms with van der Waals surface area (Å²) >= 11 is 0. The van der Waals surface area contributed by atoms with E-state index >= 15 is 0 Å². The lowest BCUT2D eigenvalue weighted by molar-refractivity contribution is -0.305. The Hall–Kier alpha value is -3.48. The summed E-state index contributed by atoms with van der Waals surface area (Å²) in [7, 11) is 0.810. The summed E-state index contributed by atoms with van der Waals surface area (Å²) in [4.78, 5) is 36.3. The van der Waals surface area contributed by atoms with E-state index in [0.717, 1.165) is 26.3 Å². The summed E-state index contributed by atoms with van der Waals surface area (Å²) in [6.07, 6.45) is -17.1. The van der Waals surface area contributed by atoms with Crippen LogP contribution in [0.25, 0.3) is 0 Å². The number of rotatable bonds is 10. The Morgan fingerprint density at radius 2 is 1.41 bits per heavy atom. The molecule has 0 heterocycles. The maximum absolute atomic E-state index is 13.8. The van der Waals surface area contributed by atoms with Gasteiger partial charge in [0.15, 0.2) is 0 Å². The lowest BCUT2D eigenvalue weighted by atomic mass is 9.92. The number of aliphatic hydroxyl groups is 1. The first-order valence-electron chi connectivity index (χ1n) is 10.4. The van der Waals surface area contributed by atoms with Crippen LogP contribution >= 0.6 is 0 Å². The van der Waals surface area contributed by atoms with Crippen molar-refractivity contribution in [2.75, 3.05) is 32.2 Å². The molecule has 2 atom stereocenters. The number of hydrogen-bond donors (Lipinski definition) is 3. The van der Waals surface area contributed by atoms with Gasteiger partial charge in [-0.2, -0.15) is 39.5 Å². The molecular formula is C20H21F9N2O8. The van der Waals surface area contributed by atoms with Crippen molar-refractivity contribution >= 4 is 23.7 Å². The third-order valence-corrected chi connectivity index (χ3v) is 4.55. The Balaban J connectivity index is 3.48. The minimum absolute atomic E-state index is 0.378. The molecule has 0 bridgehead atoms. The van der Waals surface area contributed by atoms with E-state index in [4.69, 9.17) is 4.74 Å². The van der Waals surface area contributed by atoms with Gasteiger partial charge in [0.05, 0.1) is 26.0 Å². The Bertz CT molecular complexity index is 1050. The molecule has 0 aliphatic carbocycles. The van der Waals surface area contributed by atoms with E-state index in [0.29, 0.717) is 18.2 Å². The normalized spacial score (nSPS) is 15.4. The molecule has 19 heteroatoms. The molecule has 0 saturated heterocycles. The molecule has 222 valence electrons. The number of benzene rings is 1. The van der Waals surface area contributed by atoms with Gasteiger partial charge in [-0.25, -0.2) is 14.4 Å². The fourth-order valence-corrected chi connectivity index (χ4v) is 2.80. The second kappa shape index (κ2) is 12.1. The molecule has 0 aromatic heterocycles. The molecule has 0 radical (unpaired) electrons. The SMILES string of the molecule is CCOC(=O)C(NC(=O)Nc1ccc(C(O)(C(=O)OCC)C(F)(F)F)cc1OC)(OCC(F)(F)F)C(F)(F)F. The lowest BCUT2D eigenvalue weighted by Gasteiger charge is -2.33. The number of carbonyl (C=O) groups is 3. The zero-order valence-electron chi connectivity index (χ0n) is 20.1. The fraction of sp³-hybridized carbons (Fsp3) is 0.550. The minimum Gasteiger partial charge on any atom is -0.495 e. The topological polar surface area (TPSA) is 132 Å². The summed E-state index contributed by atoms with van der Waals surface area (Å²) < 4.78 is 137. The van der Waals surface area contributed by atoms with Crippen molar-refractivity contribution in [1.29, 1.82) is 0 Å². The van der Waals surface area contributed by atoms with Crippen LogP contribution in [0, 0.1) is 0 Å². The van der Waals surface area contributed by atoms with Gasteiger partial charge in [-0.1, -0.05) is 6.07 Å². The molecule has 3 N–H and O–H groups in total. The highest BCUT2D eigenvalue weighted by Crippen LogP contribution is 2.42. The fourth-order valence-electron chi connectivity index (χ4n) is 2.80. The van der Waals surface area contributed by atoms with E-state index in [2.05, 4.69) is 14.2 Å². The maximum Gasteiger partial charge on any atom is 0.448 e. The number of hydrogen-bond acceptors (Lipinski definition) is 8. The molecule has 0 aliphatic rings.